The van der Waals surface area contributed by atoms with Crippen LogP contribution in [0.15, 0.2) is 24.3 Å². The van der Waals surface area contributed by atoms with Crippen molar-refractivity contribution < 1.29 is 18.9 Å². The highest BCUT2D eigenvalue weighted by molar-refractivity contribution is 5.95. The molecule has 3 aliphatic rings. The van der Waals surface area contributed by atoms with Crippen molar-refractivity contribution >= 4 is 5.84 Å². The molecular formula is C16H14FN4O2+. The van der Waals surface area contributed by atoms with Crippen LogP contribution in [0.1, 0.15) is 18.4 Å². The number of ether oxygens (including phenoxy) is 2. The van der Waals surface area contributed by atoms with Crippen molar-refractivity contribution in [2.24, 2.45) is 16.6 Å². The number of benzene rings is 1. The van der Waals surface area contributed by atoms with E-state index >= 15 is 0 Å². The largest absolute Gasteiger partial charge is 0.343 e. The second kappa shape index (κ2) is 4.08. The van der Waals surface area contributed by atoms with Crippen LogP contribution in [-0.2, 0) is 9.47 Å². The molecule has 2 heterocycles. The van der Waals surface area contributed by atoms with Gasteiger partial charge in [0.15, 0.2) is 10.8 Å². The molecular weight excluding hydrogens is 299 g/mol. The molecule has 0 radical (unpaired) electrons. The number of nitriles is 2. The topological polar surface area (TPSA) is 106 Å². The van der Waals surface area contributed by atoms with Crippen molar-refractivity contribution in [2.75, 3.05) is 6.61 Å². The first kappa shape index (κ1) is 14.1. The van der Waals surface area contributed by atoms with Crippen LogP contribution in [0.5, 0.6) is 0 Å². The third-order valence-corrected chi connectivity index (χ3v) is 5.09. The van der Waals surface area contributed by atoms with Crippen LogP contribution in [0.25, 0.3) is 0 Å². The Kier molecular flexibility index (Phi) is 2.51. The van der Waals surface area contributed by atoms with E-state index in [1.54, 1.807) is 12.1 Å². The second-order valence-electron chi connectivity index (χ2n) is 6.22. The first-order chi connectivity index (χ1) is 11.0. The van der Waals surface area contributed by atoms with Crippen LogP contribution in [0.4, 0.5) is 4.39 Å². The molecule has 7 heteroatoms. The molecule has 4 rings (SSSR count). The van der Waals surface area contributed by atoms with E-state index in [-0.39, 0.29) is 17.8 Å². The van der Waals surface area contributed by atoms with E-state index in [4.69, 9.17) is 15.2 Å². The average Bonchev–Trinajstić information content (AvgIpc) is 2.92. The Morgan fingerprint density at radius 1 is 1.30 bits per heavy atom. The number of fused-ring (bicyclic) bond motifs is 2. The summed E-state index contributed by atoms with van der Waals surface area (Å²) in [7, 11) is 0. The number of rotatable bonds is 1. The van der Waals surface area contributed by atoms with Crippen LogP contribution in [0, 0.1) is 39.3 Å². The molecule has 3 N–H and O–H groups in total. The molecule has 1 saturated carbocycles. The molecule has 6 nitrogen and oxygen atoms in total. The first-order valence-corrected chi connectivity index (χ1v) is 7.28. The van der Waals surface area contributed by atoms with E-state index in [1.165, 1.54) is 12.1 Å². The Morgan fingerprint density at radius 3 is 2.52 bits per heavy atom. The van der Waals surface area contributed by atoms with Crippen LogP contribution in [0.2, 0.25) is 0 Å². The molecule has 0 aromatic heterocycles. The molecule has 23 heavy (non-hydrogen) atoms. The van der Waals surface area contributed by atoms with Gasteiger partial charge in [0.05, 0.1) is 24.8 Å². The van der Waals surface area contributed by atoms with Crippen molar-refractivity contribution in [3.63, 3.8) is 0 Å². The van der Waals surface area contributed by atoms with Crippen LogP contribution in [0.3, 0.4) is 0 Å². The summed E-state index contributed by atoms with van der Waals surface area (Å²) < 4.78 is 24.8. The van der Waals surface area contributed by atoms with Gasteiger partial charge in [0.25, 0.3) is 5.84 Å². The third-order valence-electron chi connectivity index (χ3n) is 5.09. The standard InChI is InChI=1S/C16H13FN4O2/c1-9-6-22-16(23-9)15(8-19)12(10-2-4-11(17)5-3-10)14(15,7-18)13(20)21-16/h2-5,9,12H,6H2,1H3,(H2,20,21)/p+1/t9-,12+,14+,15+,16-/m0/s1. The fourth-order valence-electron chi connectivity index (χ4n) is 4.12. The maximum atomic E-state index is 13.2. The Bertz CT molecular complexity index is 811. The lowest BCUT2D eigenvalue weighted by molar-refractivity contribution is -0.677. The smallest absolute Gasteiger partial charge is 0.311 e. The Morgan fingerprint density at radius 2 is 2.00 bits per heavy atom. The molecule has 0 unspecified atom stereocenters. The summed E-state index contributed by atoms with van der Waals surface area (Å²) in [6, 6.07) is 10.1. The van der Waals surface area contributed by atoms with Crippen molar-refractivity contribution in [3.05, 3.63) is 35.6 Å². The van der Waals surface area contributed by atoms with E-state index < -0.39 is 22.7 Å². The summed E-state index contributed by atoms with van der Waals surface area (Å²) in [4.78, 5) is 2.88. The predicted octanol–water partition coefficient (Wildman–Crippen LogP) is -0.517. The van der Waals surface area contributed by atoms with Crippen molar-refractivity contribution in [1.29, 1.82) is 10.5 Å². The van der Waals surface area contributed by atoms with Gasteiger partial charge in [-0.15, -0.1) is 0 Å². The van der Waals surface area contributed by atoms with Gasteiger partial charge >= 0.3 is 5.91 Å². The Balaban J connectivity index is 1.91. The number of nitrogens with two attached hydrogens (primary N) is 1. The van der Waals surface area contributed by atoms with E-state index in [1.807, 2.05) is 6.92 Å². The van der Waals surface area contributed by atoms with Crippen LogP contribution >= 0.6 is 0 Å². The van der Waals surface area contributed by atoms with Gasteiger partial charge in [-0.25, -0.2) is 9.38 Å². The van der Waals surface area contributed by atoms with Crippen molar-refractivity contribution in [1.82, 2.24) is 0 Å². The van der Waals surface area contributed by atoms with Gasteiger partial charge in [0.2, 0.25) is 0 Å². The highest BCUT2D eigenvalue weighted by Crippen LogP contribution is 2.79. The van der Waals surface area contributed by atoms with Gasteiger partial charge in [0, 0.05) is 5.92 Å². The summed E-state index contributed by atoms with van der Waals surface area (Å²) >= 11 is 0. The zero-order chi connectivity index (χ0) is 16.5. The third kappa shape index (κ3) is 1.31. The average molecular weight is 313 g/mol. The minimum absolute atomic E-state index is 0.157. The molecule has 5 atom stereocenters. The summed E-state index contributed by atoms with van der Waals surface area (Å²) in [6.07, 6.45) is -0.232. The molecule has 1 spiro atoms. The highest BCUT2D eigenvalue weighted by atomic mass is 19.1. The van der Waals surface area contributed by atoms with Gasteiger partial charge < -0.3 is 9.47 Å². The number of hydrogen-bond acceptors (Lipinski definition) is 5. The van der Waals surface area contributed by atoms with Gasteiger partial charge in [-0.05, 0) is 24.6 Å². The minimum atomic E-state index is -1.44. The predicted molar refractivity (Wildman–Crippen MR) is 74.6 cm³/mol. The quantitative estimate of drug-likeness (QED) is 0.726. The number of amidine groups is 1. The summed E-state index contributed by atoms with van der Waals surface area (Å²) in [6.45, 7) is 2.11. The van der Waals surface area contributed by atoms with E-state index in [0.29, 0.717) is 12.2 Å². The molecule has 2 aliphatic heterocycles. The monoisotopic (exact) mass is 313 g/mol. The van der Waals surface area contributed by atoms with Gasteiger partial charge in [-0.3, -0.25) is 5.73 Å². The molecule has 1 aromatic carbocycles. The number of hydrogen-bond donors (Lipinski definition) is 2. The van der Waals surface area contributed by atoms with Gasteiger partial charge in [-0.2, -0.15) is 10.5 Å². The zero-order valence-electron chi connectivity index (χ0n) is 12.3. The SMILES string of the molecule is C[C@H]1CO[C@]2([NH+]=C(N)[C@@]3(C#N)[C@@H](c4ccc(F)cc4)[C@@]23C#N)O1. The molecule has 1 aromatic rings. The number of halogens is 1. The van der Waals surface area contributed by atoms with Crippen molar-refractivity contribution in [2.45, 2.75) is 24.9 Å². The summed E-state index contributed by atoms with van der Waals surface area (Å²) in [5.74, 6) is -2.22. The molecule has 0 amide bonds. The fraction of sp³-hybridized carbons (Fsp3) is 0.438. The van der Waals surface area contributed by atoms with E-state index in [9.17, 15) is 14.9 Å². The van der Waals surface area contributed by atoms with E-state index in [2.05, 4.69) is 17.1 Å². The maximum Gasteiger partial charge on any atom is 0.343 e. The Hall–Kier alpha value is -2.48. The first-order valence-electron chi connectivity index (χ1n) is 7.28. The zero-order valence-corrected chi connectivity index (χ0v) is 12.3. The van der Waals surface area contributed by atoms with Gasteiger partial charge in [0.1, 0.15) is 5.82 Å². The molecule has 116 valence electrons. The van der Waals surface area contributed by atoms with Crippen LogP contribution in [-0.4, -0.2) is 24.5 Å². The molecule has 1 aliphatic carbocycles. The number of nitrogens with zero attached hydrogens (tertiary/aromatic N) is 2. The highest BCUT2D eigenvalue weighted by Gasteiger charge is 2.97. The normalized spacial score (nSPS) is 43.6. The maximum absolute atomic E-state index is 13.2. The fourth-order valence-corrected chi connectivity index (χ4v) is 4.12. The lowest BCUT2D eigenvalue weighted by Crippen LogP contribution is -2.90. The van der Waals surface area contributed by atoms with Crippen LogP contribution < -0.4 is 10.7 Å². The lowest BCUT2D eigenvalue weighted by Gasteiger charge is -2.23. The molecule has 2 fully saturated rings. The van der Waals surface area contributed by atoms with Gasteiger partial charge in [-0.1, -0.05) is 12.1 Å². The second-order valence-corrected chi connectivity index (χ2v) is 6.22. The lowest BCUT2D eigenvalue weighted by atomic mass is 9.94. The summed E-state index contributed by atoms with van der Waals surface area (Å²) in [5, 5.41) is 19.7. The minimum Gasteiger partial charge on any atom is -0.311 e. The molecule has 1 saturated heterocycles. The summed E-state index contributed by atoms with van der Waals surface area (Å²) in [5.41, 5.74) is 4.17. The Labute approximate surface area is 131 Å². The number of nitrogens with one attached hydrogen (secondary N) is 1. The molecule has 0 bridgehead atoms. The van der Waals surface area contributed by atoms with E-state index in [0.717, 1.165) is 0 Å². The van der Waals surface area contributed by atoms with Crippen molar-refractivity contribution in [3.8, 4) is 12.1 Å².